The van der Waals surface area contributed by atoms with Gasteiger partial charge in [-0.3, -0.25) is 34.1 Å². The van der Waals surface area contributed by atoms with Crippen molar-refractivity contribution in [3.63, 3.8) is 0 Å². The number of nitrogens with zero attached hydrogens (tertiary/aromatic N) is 4. The van der Waals surface area contributed by atoms with Crippen LogP contribution in [0.1, 0.15) is 63.6 Å². The Kier molecular flexibility index (Phi) is 7.43. The zero-order valence-corrected chi connectivity index (χ0v) is 22.9. The van der Waals surface area contributed by atoms with Crippen LogP contribution in [-0.4, -0.2) is 68.4 Å². The van der Waals surface area contributed by atoms with Gasteiger partial charge in [-0.15, -0.1) is 0 Å². The molecule has 0 saturated carbocycles. The number of carbonyl (C=O) groups excluding carboxylic acids is 5. The Morgan fingerprint density at radius 2 is 1.69 bits per heavy atom. The second-order valence-corrected chi connectivity index (χ2v) is 10.7. The predicted molar refractivity (Wildman–Crippen MR) is 151 cm³/mol. The first kappa shape index (κ1) is 27.2. The molecule has 1 aromatic heterocycles. The van der Waals surface area contributed by atoms with Crippen LogP contribution in [-0.2, 0) is 22.7 Å². The van der Waals surface area contributed by atoms with Crippen LogP contribution in [0.2, 0.25) is 0 Å². The van der Waals surface area contributed by atoms with Crippen molar-refractivity contribution in [2.24, 2.45) is 0 Å². The minimum absolute atomic E-state index is 0.0674. The van der Waals surface area contributed by atoms with E-state index < -0.39 is 29.7 Å². The molecule has 3 aliphatic heterocycles. The highest BCUT2D eigenvalue weighted by molar-refractivity contribution is 6.25. The van der Waals surface area contributed by atoms with Gasteiger partial charge in [0, 0.05) is 50.0 Å². The summed E-state index contributed by atoms with van der Waals surface area (Å²) >= 11 is 0. The fourth-order valence-electron chi connectivity index (χ4n) is 5.75. The van der Waals surface area contributed by atoms with Crippen LogP contribution in [0, 0.1) is 0 Å². The van der Waals surface area contributed by atoms with Crippen LogP contribution in [0.5, 0.6) is 0 Å². The van der Waals surface area contributed by atoms with Crippen molar-refractivity contribution in [2.75, 3.05) is 18.4 Å². The summed E-state index contributed by atoms with van der Waals surface area (Å²) in [5, 5.41) is 13.0. The molecule has 3 N–H and O–H groups in total. The van der Waals surface area contributed by atoms with E-state index in [0.29, 0.717) is 31.9 Å². The molecule has 0 aliphatic carbocycles. The van der Waals surface area contributed by atoms with Crippen molar-refractivity contribution >= 4 is 35.3 Å². The minimum Gasteiger partial charge on any atom is -0.380 e. The molecule has 0 bridgehead atoms. The summed E-state index contributed by atoms with van der Waals surface area (Å²) < 4.78 is 1.92. The van der Waals surface area contributed by atoms with E-state index in [1.54, 1.807) is 24.4 Å². The molecule has 3 aliphatic rings. The van der Waals surface area contributed by atoms with E-state index in [0.717, 1.165) is 28.9 Å². The molecule has 3 aromatic rings. The van der Waals surface area contributed by atoms with Gasteiger partial charge < -0.3 is 15.5 Å². The second kappa shape index (κ2) is 11.5. The van der Waals surface area contributed by atoms with Gasteiger partial charge in [0.25, 0.3) is 11.8 Å². The number of aromatic nitrogens is 2. The lowest BCUT2D eigenvalue weighted by Crippen LogP contribution is -2.54. The molecule has 216 valence electrons. The lowest BCUT2D eigenvalue weighted by atomic mass is 10.0. The first-order chi connectivity index (χ1) is 20.4. The van der Waals surface area contributed by atoms with E-state index >= 15 is 0 Å². The number of urea groups is 1. The fourth-order valence-corrected chi connectivity index (χ4v) is 5.75. The summed E-state index contributed by atoms with van der Waals surface area (Å²) in [5.74, 6) is -2.14. The highest BCUT2D eigenvalue weighted by atomic mass is 16.2. The molecule has 6 amide bonds. The largest absolute Gasteiger partial charge is 0.380 e. The zero-order valence-electron chi connectivity index (χ0n) is 22.9. The number of benzene rings is 2. The van der Waals surface area contributed by atoms with Crippen molar-refractivity contribution in [3.05, 3.63) is 83.2 Å². The summed E-state index contributed by atoms with van der Waals surface area (Å²) in [4.78, 5) is 65.7. The summed E-state index contributed by atoms with van der Waals surface area (Å²) in [5.41, 5.74) is 2.89. The smallest absolute Gasteiger partial charge is 0.317 e. The number of carbonyl (C=O) groups is 5. The van der Waals surface area contributed by atoms with Crippen molar-refractivity contribution in [1.29, 1.82) is 0 Å². The topological polar surface area (TPSA) is 146 Å². The number of rotatable bonds is 7. The number of hydrogen-bond acceptors (Lipinski definition) is 7. The second-order valence-electron chi connectivity index (χ2n) is 10.7. The zero-order chi connectivity index (χ0) is 29.2. The molecular weight excluding hydrogens is 538 g/mol. The Bertz CT molecular complexity index is 1540. The number of fused-ring (bicyclic) bond motifs is 1. The van der Waals surface area contributed by atoms with Crippen LogP contribution < -0.4 is 16.0 Å². The van der Waals surface area contributed by atoms with Gasteiger partial charge in [-0.05, 0) is 37.0 Å². The van der Waals surface area contributed by atoms with Crippen LogP contribution >= 0.6 is 0 Å². The van der Waals surface area contributed by atoms with Crippen LogP contribution in [0.15, 0.2) is 60.9 Å². The maximum Gasteiger partial charge on any atom is 0.317 e. The van der Waals surface area contributed by atoms with E-state index in [-0.39, 0.29) is 36.0 Å². The average molecular weight is 570 g/mol. The van der Waals surface area contributed by atoms with Crippen molar-refractivity contribution in [1.82, 2.24) is 30.2 Å². The van der Waals surface area contributed by atoms with Gasteiger partial charge in [0.1, 0.15) is 6.04 Å². The van der Waals surface area contributed by atoms with Gasteiger partial charge in [0.15, 0.2) is 0 Å². The quantitative estimate of drug-likeness (QED) is 0.371. The predicted octanol–water partition coefficient (Wildman–Crippen LogP) is 2.44. The first-order valence-corrected chi connectivity index (χ1v) is 14.1. The molecule has 2 saturated heterocycles. The lowest BCUT2D eigenvalue weighted by molar-refractivity contribution is -0.136. The van der Waals surface area contributed by atoms with E-state index in [1.165, 1.54) is 0 Å². The summed E-state index contributed by atoms with van der Waals surface area (Å²) in [6.45, 7) is 2.13. The number of amides is 6. The van der Waals surface area contributed by atoms with E-state index in [9.17, 15) is 24.0 Å². The molecule has 42 heavy (non-hydrogen) atoms. The van der Waals surface area contributed by atoms with Crippen molar-refractivity contribution in [3.8, 4) is 0 Å². The average Bonchev–Trinajstić information content (AvgIpc) is 3.58. The number of hydrogen-bond donors (Lipinski definition) is 3. The van der Waals surface area contributed by atoms with Gasteiger partial charge >= 0.3 is 6.03 Å². The molecule has 1 atom stereocenters. The Morgan fingerprint density at radius 1 is 0.905 bits per heavy atom. The standard InChI is InChI=1S/C30H31N7O5/c38-25-10-9-24(27(39)34-25)37-28(40)22-7-4-8-23(26(22)29(37)41)31-16-20-17-33-36(18-20)21-11-13-35(14-12-21)30(42)32-15-19-5-2-1-3-6-19/h1-8,17-18,21,24,31H,9-16H2,(H,32,42)(H,34,38,39). The summed E-state index contributed by atoms with van der Waals surface area (Å²) in [7, 11) is 0. The van der Waals surface area contributed by atoms with Gasteiger partial charge in [0.05, 0.1) is 23.4 Å². The van der Waals surface area contributed by atoms with E-state index in [4.69, 9.17) is 0 Å². The van der Waals surface area contributed by atoms with Crippen LogP contribution in [0.4, 0.5) is 10.5 Å². The molecule has 0 radical (unpaired) electrons. The number of nitrogens with one attached hydrogen (secondary N) is 3. The molecule has 2 fully saturated rings. The number of piperidine rings is 2. The maximum atomic E-state index is 13.3. The Labute approximate surface area is 242 Å². The number of imide groups is 2. The van der Waals surface area contributed by atoms with Crippen LogP contribution in [0.25, 0.3) is 0 Å². The lowest BCUT2D eigenvalue weighted by Gasteiger charge is -2.32. The first-order valence-electron chi connectivity index (χ1n) is 14.1. The molecule has 6 rings (SSSR count). The molecular formula is C30H31N7O5. The molecule has 4 heterocycles. The van der Waals surface area contributed by atoms with Crippen molar-refractivity contribution in [2.45, 2.75) is 50.9 Å². The molecule has 12 nitrogen and oxygen atoms in total. The SMILES string of the molecule is O=C1CCC(N2C(=O)c3cccc(NCc4cnn(C5CCN(C(=O)NCc6ccccc6)CC5)c4)c3C2=O)C(=O)N1. The molecule has 0 spiro atoms. The Morgan fingerprint density at radius 3 is 2.45 bits per heavy atom. The highest BCUT2D eigenvalue weighted by Crippen LogP contribution is 2.32. The van der Waals surface area contributed by atoms with E-state index in [1.807, 2.05) is 46.1 Å². The summed E-state index contributed by atoms with van der Waals surface area (Å²) in [6, 6.07) is 13.9. The fraction of sp³-hybridized carbons (Fsp3) is 0.333. The third kappa shape index (κ3) is 5.35. The Hall–Kier alpha value is -5.00. The van der Waals surface area contributed by atoms with E-state index in [2.05, 4.69) is 21.0 Å². The molecule has 2 aromatic carbocycles. The van der Waals surface area contributed by atoms with Gasteiger partial charge in [0.2, 0.25) is 11.8 Å². The normalized spacial score (nSPS) is 19.1. The molecule has 12 heteroatoms. The van der Waals surface area contributed by atoms with Crippen LogP contribution in [0.3, 0.4) is 0 Å². The number of anilines is 1. The summed E-state index contributed by atoms with van der Waals surface area (Å²) in [6.07, 6.45) is 5.46. The van der Waals surface area contributed by atoms with Gasteiger partial charge in [-0.1, -0.05) is 36.4 Å². The van der Waals surface area contributed by atoms with Gasteiger partial charge in [-0.2, -0.15) is 5.10 Å². The highest BCUT2D eigenvalue weighted by Gasteiger charge is 2.45. The number of likely N-dealkylation sites (tertiary alicyclic amines) is 1. The minimum atomic E-state index is -1.01. The third-order valence-electron chi connectivity index (χ3n) is 8.02. The van der Waals surface area contributed by atoms with Gasteiger partial charge in [-0.25, -0.2) is 4.79 Å². The monoisotopic (exact) mass is 569 g/mol. The Balaban J connectivity index is 1.04. The van der Waals surface area contributed by atoms with Crippen molar-refractivity contribution < 1.29 is 24.0 Å². The third-order valence-corrected chi connectivity index (χ3v) is 8.02. The maximum absolute atomic E-state index is 13.3. The molecule has 1 unspecified atom stereocenters.